The van der Waals surface area contributed by atoms with Crippen molar-refractivity contribution in [3.63, 3.8) is 0 Å². The van der Waals surface area contributed by atoms with Gasteiger partial charge >= 0.3 is 6.09 Å². The fraction of sp³-hybridized carbons (Fsp3) is 0.344. The van der Waals surface area contributed by atoms with Gasteiger partial charge in [-0.15, -0.1) is 0 Å². The lowest BCUT2D eigenvalue weighted by molar-refractivity contribution is 0.0332. The predicted octanol–water partition coefficient (Wildman–Crippen LogP) is 7.94. The van der Waals surface area contributed by atoms with Gasteiger partial charge in [-0.25, -0.2) is 4.79 Å². The van der Waals surface area contributed by atoms with Crippen LogP contribution < -0.4 is 9.47 Å². The van der Waals surface area contributed by atoms with Gasteiger partial charge in [0, 0.05) is 38.6 Å². The number of halogens is 2. The first kappa shape index (κ1) is 27.0. The molecule has 1 atom stereocenters. The first-order valence-corrected chi connectivity index (χ1v) is 14.6. The molecule has 0 spiro atoms. The minimum atomic E-state index is -0.433. The van der Waals surface area contributed by atoms with Crippen LogP contribution in [0.1, 0.15) is 55.0 Å². The maximum absolute atomic E-state index is 13.5. The summed E-state index contributed by atoms with van der Waals surface area (Å²) in [6.07, 6.45) is 5.69. The minimum Gasteiger partial charge on any atom is -0.493 e. The molecule has 0 saturated heterocycles. The monoisotopic (exact) mass is 578 g/mol. The average Bonchev–Trinajstić information content (AvgIpc) is 3.35. The maximum atomic E-state index is 13.5. The Balaban J connectivity index is 1.30. The number of carbonyl (C=O) groups excluding carboxylic acids is 1. The van der Waals surface area contributed by atoms with Crippen molar-refractivity contribution in [2.24, 2.45) is 5.41 Å². The number of carbonyl (C=O) groups is 1. The Morgan fingerprint density at radius 1 is 0.950 bits per heavy atom. The molecule has 40 heavy (non-hydrogen) atoms. The van der Waals surface area contributed by atoms with Gasteiger partial charge in [0.05, 0.1) is 13.2 Å². The summed E-state index contributed by atoms with van der Waals surface area (Å²) in [6, 6.07) is 20.1. The molecular weight excluding hydrogens is 547 g/mol. The smallest absolute Gasteiger partial charge is 0.416 e. The van der Waals surface area contributed by atoms with Crippen molar-refractivity contribution in [1.29, 1.82) is 0 Å². The van der Waals surface area contributed by atoms with Gasteiger partial charge in [0.25, 0.3) is 0 Å². The molecule has 1 saturated carbocycles. The number of fused-ring (bicyclic) bond motifs is 3. The van der Waals surface area contributed by atoms with E-state index in [-0.39, 0.29) is 18.1 Å². The lowest BCUT2D eigenvalue weighted by Gasteiger charge is -2.36. The molecule has 0 bridgehead atoms. The van der Waals surface area contributed by atoms with Crippen LogP contribution >= 0.6 is 23.2 Å². The van der Waals surface area contributed by atoms with Gasteiger partial charge in [0.1, 0.15) is 17.5 Å². The van der Waals surface area contributed by atoms with E-state index in [0.717, 1.165) is 59.2 Å². The second-order valence-electron chi connectivity index (χ2n) is 11.0. The first-order chi connectivity index (χ1) is 19.4. The number of aromatic nitrogens is 1. The number of amides is 1. The Labute approximate surface area is 243 Å². The topological polar surface area (TPSA) is 74.8 Å². The number of ether oxygens (including phenoxy) is 2. The summed E-state index contributed by atoms with van der Waals surface area (Å²) in [6.45, 7) is 1.13. The highest BCUT2D eigenvalue weighted by molar-refractivity contribution is 6.31. The summed E-state index contributed by atoms with van der Waals surface area (Å²) in [5.41, 5.74) is 3.86. The molecule has 2 N–H and O–H groups in total. The summed E-state index contributed by atoms with van der Waals surface area (Å²) in [4.78, 5) is 18.8. The van der Waals surface area contributed by atoms with E-state index in [4.69, 9.17) is 32.7 Å². The Bertz CT molecular complexity index is 1490. The van der Waals surface area contributed by atoms with Crippen LogP contribution in [0.5, 0.6) is 11.5 Å². The van der Waals surface area contributed by atoms with E-state index in [2.05, 4.69) is 4.98 Å². The second-order valence-corrected chi connectivity index (χ2v) is 11.8. The Morgan fingerprint density at radius 2 is 1.65 bits per heavy atom. The fourth-order valence-electron chi connectivity index (χ4n) is 6.10. The number of nitrogens with one attached hydrogen (secondary N) is 1. The Hall–Kier alpha value is -3.19. The summed E-state index contributed by atoms with van der Waals surface area (Å²) >= 11 is 12.4. The van der Waals surface area contributed by atoms with Gasteiger partial charge < -0.3 is 19.6 Å². The molecule has 1 amide bonds. The molecule has 208 valence electrons. The van der Waals surface area contributed by atoms with Crippen LogP contribution in [0.3, 0.4) is 0 Å². The maximum Gasteiger partial charge on any atom is 0.416 e. The number of aromatic amines is 1. The van der Waals surface area contributed by atoms with Crippen LogP contribution in [0.15, 0.2) is 66.7 Å². The second kappa shape index (κ2) is 11.4. The summed E-state index contributed by atoms with van der Waals surface area (Å²) in [5.74, 6) is 1.18. The van der Waals surface area contributed by atoms with Crippen molar-refractivity contribution < 1.29 is 19.4 Å². The fourth-order valence-corrected chi connectivity index (χ4v) is 6.40. The molecular formula is C32H32Cl2N2O4. The zero-order valence-corrected chi connectivity index (χ0v) is 23.7. The van der Waals surface area contributed by atoms with Crippen molar-refractivity contribution in [2.45, 2.75) is 44.6 Å². The van der Waals surface area contributed by atoms with E-state index in [1.165, 1.54) is 6.42 Å². The lowest BCUT2D eigenvalue weighted by Crippen LogP contribution is -2.42. The number of aliphatic hydroxyl groups excluding tert-OH is 1. The molecule has 1 aromatic heterocycles. The van der Waals surface area contributed by atoms with Gasteiger partial charge in [-0.3, -0.25) is 4.90 Å². The van der Waals surface area contributed by atoms with E-state index in [1.54, 1.807) is 29.2 Å². The van der Waals surface area contributed by atoms with E-state index >= 15 is 0 Å². The van der Waals surface area contributed by atoms with Crippen LogP contribution in [-0.4, -0.2) is 40.8 Å². The predicted molar refractivity (Wildman–Crippen MR) is 158 cm³/mol. The van der Waals surface area contributed by atoms with Crippen molar-refractivity contribution in [1.82, 2.24) is 9.88 Å². The molecule has 1 aliphatic carbocycles. The van der Waals surface area contributed by atoms with Gasteiger partial charge in [0.2, 0.25) is 0 Å². The average molecular weight is 580 g/mol. The molecule has 8 heteroatoms. The van der Waals surface area contributed by atoms with Crippen LogP contribution in [-0.2, 0) is 6.42 Å². The highest BCUT2D eigenvalue weighted by Gasteiger charge is 2.36. The van der Waals surface area contributed by atoms with E-state index < -0.39 is 6.09 Å². The number of nitrogens with zero attached hydrogens (tertiary/aromatic N) is 1. The van der Waals surface area contributed by atoms with Gasteiger partial charge in [0.15, 0.2) is 0 Å². The number of hydrogen-bond acceptors (Lipinski definition) is 4. The number of aliphatic hydroxyl groups is 1. The van der Waals surface area contributed by atoms with Gasteiger partial charge in [-0.1, -0.05) is 54.6 Å². The van der Waals surface area contributed by atoms with E-state index in [1.807, 2.05) is 42.5 Å². The first-order valence-electron chi connectivity index (χ1n) is 13.8. The number of benzene rings is 3. The van der Waals surface area contributed by atoms with Crippen LogP contribution in [0.25, 0.3) is 10.9 Å². The molecule has 6 nitrogen and oxygen atoms in total. The third-order valence-electron chi connectivity index (χ3n) is 8.33. The standard InChI is InChI=1S/C32H32Cl2N2O4/c33-22-6-11-25(12-7-22)40-31(38)36-17-14-26-27-18-23(34)8-13-28(27)35-29(26)30(36)21-4-9-24(10-5-21)39-20-32(19-37)15-2-1-3-16-32/h4-13,18,30,35,37H,1-3,14-17,19-20H2/t30-/m0/s1. The van der Waals surface area contributed by atoms with Crippen molar-refractivity contribution in [2.75, 3.05) is 19.8 Å². The van der Waals surface area contributed by atoms with E-state index in [0.29, 0.717) is 35.4 Å². The van der Waals surface area contributed by atoms with E-state index in [9.17, 15) is 9.90 Å². The number of hydrogen-bond donors (Lipinski definition) is 2. The normalized spacial score (nSPS) is 18.4. The molecule has 1 fully saturated rings. The Morgan fingerprint density at radius 3 is 2.38 bits per heavy atom. The van der Waals surface area contributed by atoms with Gasteiger partial charge in [-0.2, -0.15) is 0 Å². The SMILES string of the molecule is O=C(Oc1ccc(Cl)cc1)N1CCc2c([nH]c3ccc(Cl)cc23)[C@@H]1c1ccc(OCC2(CO)CCCCC2)cc1. The lowest BCUT2D eigenvalue weighted by atomic mass is 9.75. The van der Waals surface area contributed by atoms with Gasteiger partial charge in [-0.05, 0) is 85.0 Å². The van der Waals surface area contributed by atoms with Crippen LogP contribution in [0.4, 0.5) is 4.79 Å². The molecule has 0 unspecified atom stereocenters. The van der Waals surface area contributed by atoms with Crippen LogP contribution in [0, 0.1) is 5.41 Å². The Kier molecular flexibility index (Phi) is 7.67. The molecule has 2 heterocycles. The highest BCUT2D eigenvalue weighted by Crippen LogP contribution is 2.41. The molecule has 4 aromatic rings. The molecule has 0 radical (unpaired) electrons. The molecule has 6 rings (SSSR count). The largest absolute Gasteiger partial charge is 0.493 e. The summed E-state index contributed by atoms with van der Waals surface area (Å²) in [7, 11) is 0. The van der Waals surface area contributed by atoms with Crippen molar-refractivity contribution in [3.05, 3.63) is 93.6 Å². The molecule has 1 aliphatic heterocycles. The zero-order chi connectivity index (χ0) is 27.7. The summed E-state index contributed by atoms with van der Waals surface area (Å²) in [5, 5.41) is 12.4. The van der Waals surface area contributed by atoms with Crippen molar-refractivity contribution >= 4 is 40.2 Å². The highest BCUT2D eigenvalue weighted by atomic mass is 35.5. The minimum absolute atomic E-state index is 0.144. The summed E-state index contributed by atoms with van der Waals surface area (Å²) < 4.78 is 11.9. The number of H-pyrrole nitrogens is 1. The van der Waals surface area contributed by atoms with Crippen LogP contribution in [0.2, 0.25) is 10.0 Å². The third-order valence-corrected chi connectivity index (χ3v) is 8.82. The molecule has 3 aromatic carbocycles. The number of rotatable bonds is 6. The quantitative estimate of drug-likeness (QED) is 0.243. The molecule has 2 aliphatic rings. The zero-order valence-electron chi connectivity index (χ0n) is 22.2. The van der Waals surface area contributed by atoms with Crippen molar-refractivity contribution in [3.8, 4) is 11.5 Å². The third kappa shape index (κ3) is 5.40.